The fourth-order valence-corrected chi connectivity index (χ4v) is 2.61. The average Bonchev–Trinajstić information content (AvgIpc) is 3.08. The monoisotopic (exact) mass is 306 g/mol. The van der Waals surface area contributed by atoms with Crippen LogP contribution in [0.1, 0.15) is 32.6 Å². The third-order valence-corrected chi connectivity index (χ3v) is 3.94. The van der Waals surface area contributed by atoms with Crippen molar-refractivity contribution in [1.82, 2.24) is 10.6 Å². The topological polar surface area (TPSA) is 59.6 Å². The molecule has 2 saturated heterocycles. The first-order chi connectivity index (χ1) is 9.25. The molecule has 20 heavy (non-hydrogen) atoms. The van der Waals surface area contributed by atoms with Gasteiger partial charge in [0, 0.05) is 13.2 Å². The van der Waals surface area contributed by atoms with Crippen molar-refractivity contribution in [3.63, 3.8) is 0 Å². The predicted octanol–water partition coefficient (Wildman–Crippen LogP) is 1.11. The number of carbonyl (C=O) groups is 1. The van der Waals surface area contributed by atoms with E-state index in [1.165, 1.54) is 6.42 Å². The summed E-state index contributed by atoms with van der Waals surface area (Å²) < 4.78 is 11.0. The van der Waals surface area contributed by atoms with E-state index in [2.05, 4.69) is 10.6 Å². The number of hydrogen-bond donors (Lipinski definition) is 2. The second kappa shape index (κ2) is 9.55. The molecule has 1 amide bonds. The van der Waals surface area contributed by atoms with E-state index < -0.39 is 0 Å². The summed E-state index contributed by atoms with van der Waals surface area (Å²) in [6.45, 7) is 6.10. The van der Waals surface area contributed by atoms with Crippen LogP contribution < -0.4 is 10.6 Å². The second-order valence-corrected chi connectivity index (χ2v) is 5.55. The van der Waals surface area contributed by atoms with Gasteiger partial charge in [0.25, 0.3) is 0 Å². The van der Waals surface area contributed by atoms with Gasteiger partial charge < -0.3 is 20.1 Å². The lowest BCUT2D eigenvalue weighted by molar-refractivity contribution is -0.133. The third-order valence-electron chi connectivity index (χ3n) is 3.94. The molecule has 3 atom stereocenters. The van der Waals surface area contributed by atoms with Crippen LogP contribution in [0.2, 0.25) is 0 Å². The number of rotatable bonds is 7. The Morgan fingerprint density at radius 3 is 3.00 bits per heavy atom. The Morgan fingerprint density at radius 2 is 2.35 bits per heavy atom. The minimum Gasteiger partial charge on any atom is -0.376 e. The largest absolute Gasteiger partial charge is 0.376 e. The van der Waals surface area contributed by atoms with Crippen molar-refractivity contribution < 1.29 is 14.3 Å². The Labute approximate surface area is 127 Å². The maximum atomic E-state index is 11.8. The molecule has 0 aromatic heterocycles. The summed E-state index contributed by atoms with van der Waals surface area (Å²) in [5, 5.41) is 6.29. The van der Waals surface area contributed by atoms with Crippen LogP contribution in [0.25, 0.3) is 0 Å². The summed E-state index contributed by atoms with van der Waals surface area (Å²) in [5.41, 5.74) is 0. The van der Waals surface area contributed by atoms with Crippen molar-refractivity contribution in [3.8, 4) is 0 Å². The molecular formula is C14H27ClN2O3. The lowest BCUT2D eigenvalue weighted by Crippen LogP contribution is -2.37. The maximum absolute atomic E-state index is 11.8. The molecule has 118 valence electrons. The molecule has 2 rings (SSSR count). The molecule has 0 aromatic rings. The summed E-state index contributed by atoms with van der Waals surface area (Å²) in [6.07, 6.45) is 4.22. The molecule has 6 heteroatoms. The molecule has 0 radical (unpaired) electrons. The van der Waals surface area contributed by atoms with Gasteiger partial charge in [-0.2, -0.15) is 0 Å². The number of halogens is 1. The first kappa shape index (κ1) is 17.7. The normalized spacial score (nSPS) is 27.1. The van der Waals surface area contributed by atoms with Gasteiger partial charge in [-0.25, -0.2) is 0 Å². The number of amides is 1. The lowest BCUT2D eigenvalue weighted by atomic mass is 10.1. The molecule has 3 unspecified atom stereocenters. The summed E-state index contributed by atoms with van der Waals surface area (Å²) in [7, 11) is 0. The van der Waals surface area contributed by atoms with Crippen LogP contribution in [0.5, 0.6) is 0 Å². The Bertz CT molecular complexity index is 280. The van der Waals surface area contributed by atoms with Gasteiger partial charge in [0.05, 0.1) is 12.7 Å². The van der Waals surface area contributed by atoms with Crippen LogP contribution >= 0.6 is 12.4 Å². The van der Waals surface area contributed by atoms with Crippen LogP contribution in [0.4, 0.5) is 0 Å². The van der Waals surface area contributed by atoms with Crippen LogP contribution in [0, 0.1) is 5.92 Å². The van der Waals surface area contributed by atoms with E-state index in [1.54, 1.807) is 6.92 Å². The number of carbonyl (C=O) groups excluding carboxylic acids is 1. The van der Waals surface area contributed by atoms with E-state index in [9.17, 15) is 4.79 Å². The summed E-state index contributed by atoms with van der Waals surface area (Å²) in [5.74, 6) is 0.701. The van der Waals surface area contributed by atoms with Crippen molar-refractivity contribution >= 4 is 18.3 Å². The molecule has 0 aromatic carbocycles. The van der Waals surface area contributed by atoms with Crippen molar-refractivity contribution in [3.05, 3.63) is 0 Å². The van der Waals surface area contributed by atoms with Crippen molar-refractivity contribution in [2.45, 2.75) is 44.8 Å². The molecule has 2 fully saturated rings. The quantitative estimate of drug-likeness (QED) is 0.740. The lowest BCUT2D eigenvalue weighted by Gasteiger charge is -2.16. The molecule has 2 aliphatic rings. The highest BCUT2D eigenvalue weighted by Crippen LogP contribution is 2.13. The Balaban J connectivity index is 0.00000200. The minimum atomic E-state index is -0.383. The zero-order valence-corrected chi connectivity index (χ0v) is 13.0. The molecule has 0 spiro atoms. The first-order valence-corrected chi connectivity index (χ1v) is 7.47. The van der Waals surface area contributed by atoms with Gasteiger partial charge in [-0.1, -0.05) is 0 Å². The number of ether oxygens (including phenoxy) is 2. The zero-order chi connectivity index (χ0) is 13.5. The van der Waals surface area contributed by atoms with Gasteiger partial charge in [-0.3, -0.25) is 4.79 Å². The third kappa shape index (κ3) is 5.95. The smallest absolute Gasteiger partial charge is 0.248 e. The fraction of sp³-hybridized carbons (Fsp3) is 0.929. The maximum Gasteiger partial charge on any atom is 0.248 e. The van der Waals surface area contributed by atoms with Crippen LogP contribution in [-0.4, -0.2) is 51.0 Å². The Morgan fingerprint density at radius 1 is 1.50 bits per heavy atom. The minimum absolute atomic E-state index is 0. The molecule has 2 aliphatic heterocycles. The molecule has 2 N–H and O–H groups in total. The van der Waals surface area contributed by atoms with Gasteiger partial charge in [0.15, 0.2) is 0 Å². The SMILES string of the molecule is CC(OCC1CCCO1)C(=O)NCCC1CCNC1.Cl. The zero-order valence-electron chi connectivity index (χ0n) is 12.2. The Hall–Kier alpha value is -0.360. The number of nitrogens with one attached hydrogen (secondary N) is 2. The summed E-state index contributed by atoms with van der Waals surface area (Å²) in [6, 6.07) is 0. The van der Waals surface area contributed by atoms with Gasteiger partial charge in [-0.05, 0) is 51.6 Å². The highest BCUT2D eigenvalue weighted by molar-refractivity contribution is 5.85. The average molecular weight is 307 g/mol. The highest BCUT2D eigenvalue weighted by Gasteiger charge is 2.20. The molecule has 0 aliphatic carbocycles. The molecular weight excluding hydrogens is 280 g/mol. The van der Waals surface area contributed by atoms with E-state index >= 15 is 0 Å². The van der Waals surface area contributed by atoms with E-state index in [0.29, 0.717) is 12.5 Å². The second-order valence-electron chi connectivity index (χ2n) is 5.55. The van der Waals surface area contributed by atoms with E-state index in [1.807, 2.05) is 0 Å². The molecule has 2 heterocycles. The van der Waals surface area contributed by atoms with E-state index in [0.717, 1.165) is 45.5 Å². The standard InChI is InChI=1S/C14H26N2O3.ClH/c1-11(19-10-13-3-2-8-18-13)14(17)16-7-5-12-4-6-15-9-12;/h11-13,15H,2-10H2,1H3,(H,16,17);1H. The fourth-order valence-electron chi connectivity index (χ4n) is 2.61. The van der Waals surface area contributed by atoms with Gasteiger partial charge in [-0.15, -0.1) is 12.4 Å². The first-order valence-electron chi connectivity index (χ1n) is 7.47. The molecule has 5 nitrogen and oxygen atoms in total. The molecule has 0 bridgehead atoms. The Kier molecular flexibility index (Phi) is 8.45. The van der Waals surface area contributed by atoms with Crippen LogP contribution in [0.15, 0.2) is 0 Å². The van der Waals surface area contributed by atoms with Crippen molar-refractivity contribution in [2.24, 2.45) is 5.92 Å². The van der Waals surface area contributed by atoms with Crippen LogP contribution in [-0.2, 0) is 14.3 Å². The predicted molar refractivity (Wildman–Crippen MR) is 80.2 cm³/mol. The van der Waals surface area contributed by atoms with Crippen LogP contribution in [0.3, 0.4) is 0 Å². The molecule has 0 saturated carbocycles. The van der Waals surface area contributed by atoms with Gasteiger partial charge >= 0.3 is 0 Å². The number of hydrogen-bond acceptors (Lipinski definition) is 4. The van der Waals surface area contributed by atoms with Crippen molar-refractivity contribution in [2.75, 3.05) is 32.8 Å². The van der Waals surface area contributed by atoms with Gasteiger partial charge in [0.1, 0.15) is 6.10 Å². The highest BCUT2D eigenvalue weighted by atomic mass is 35.5. The summed E-state index contributed by atoms with van der Waals surface area (Å²) in [4.78, 5) is 11.8. The van der Waals surface area contributed by atoms with E-state index in [-0.39, 0.29) is 30.5 Å². The van der Waals surface area contributed by atoms with Gasteiger partial charge in [0.2, 0.25) is 5.91 Å². The van der Waals surface area contributed by atoms with Crippen molar-refractivity contribution in [1.29, 1.82) is 0 Å². The summed E-state index contributed by atoms with van der Waals surface area (Å²) >= 11 is 0. The van der Waals surface area contributed by atoms with E-state index in [4.69, 9.17) is 9.47 Å².